The quantitative estimate of drug-likeness (QED) is 0.0147. The predicted molar refractivity (Wildman–Crippen MR) is 276 cm³/mol. The van der Waals surface area contributed by atoms with Gasteiger partial charge < -0.3 is 39.9 Å². The fourth-order valence-corrected chi connectivity index (χ4v) is 9.27. The lowest BCUT2D eigenvalue weighted by Gasteiger charge is -2.41. The highest BCUT2D eigenvalue weighted by atomic mass is 31.2. The first-order valence-electron chi connectivity index (χ1n) is 27.5. The van der Waals surface area contributed by atoms with Crippen LogP contribution in [-0.2, 0) is 27.9 Å². The van der Waals surface area contributed by atoms with Gasteiger partial charge in [-0.1, -0.05) is 197 Å². The van der Waals surface area contributed by atoms with E-state index >= 15 is 0 Å². The fourth-order valence-electron chi connectivity index (χ4n) is 8.30. The van der Waals surface area contributed by atoms with Gasteiger partial charge in [-0.3, -0.25) is 13.8 Å². The van der Waals surface area contributed by atoms with Gasteiger partial charge in [-0.15, -0.1) is 0 Å². The molecule has 0 spiro atoms. The monoisotopic (exact) mass is 985 g/mol. The average molecular weight is 985 g/mol. The molecule has 1 rings (SSSR count). The van der Waals surface area contributed by atoms with Gasteiger partial charge in [-0.05, 0) is 77.0 Å². The first-order chi connectivity index (χ1) is 33.0. The second kappa shape index (κ2) is 45.2. The van der Waals surface area contributed by atoms with E-state index in [-0.39, 0.29) is 13.0 Å². The highest BCUT2D eigenvalue weighted by molar-refractivity contribution is 7.47. The van der Waals surface area contributed by atoms with Crippen molar-refractivity contribution in [3.63, 3.8) is 0 Å². The molecule has 0 aromatic carbocycles. The van der Waals surface area contributed by atoms with E-state index < -0.39 is 63.1 Å². The van der Waals surface area contributed by atoms with Crippen LogP contribution in [0.3, 0.4) is 0 Å². The van der Waals surface area contributed by atoms with Crippen LogP contribution in [0.2, 0.25) is 0 Å². The van der Waals surface area contributed by atoms with Crippen LogP contribution in [0, 0.1) is 0 Å². The summed E-state index contributed by atoms with van der Waals surface area (Å²) in [6.45, 7) is 4.24. The maximum Gasteiger partial charge on any atom is 0.472 e. The standard InChI is InChI=1S/C55H101O12P/c1-3-5-7-9-11-13-15-17-19-21-23-24-25-27-29-31-33-35-37-39-41-43-45-64-46-48(47-65-68(62,63)67-55-53(60)51(58)50(57)52(59)54(55)61)66-49(56)44-42-40-38-36-34-32-30-28-26-22-20-18-16-14-12-10-8-6-4-2/h12,14,18,20-21,23,26,28,48,50-55,57-61H,3-11,13,15-17,19,22,24-25,27,29-47H2,1-2H3,(H,62,63)/b14-12-,20-18-,23-21-,28-26-. The van der Waals surface area contributed by atoms with Crippen molar-refractivity contribution in [2.75, 3.05) is 19.8 Å². The number of aliphatic hydroxyl groups excluding tert-OH is 5. The third-order valence-corrected chi connectivity index (χ3v) is 13.7. The third kappa shape index (κ3) is 36.3. The van der Waals surface area contributed by atoms with E-state index in [2.05, 4.69) is 62.5 Å². The second-order valence-electron chi connectivity index (χ2n) is 19.1. The molecular weight excluding hydrogens is 884 g/mol. The Hall–Kier alpha value is -1.70. The molecule has 6 unspecified atom stereocenters. The van der Waals surface area contributed by atoms with Gasteiger partial charge in [0.05, 0.1) is 13.2 Å². The Morgan fingerprint density at radius 2 is 0.824 bits per heavy atom. The lowest BCUT2D eigenvalue weighted by Crippen LogP contribution is -2.64. The number of phosphoric acid groups is 1. The molecule has 0 aromatic rings. The zero-order valence-electron chi connectivity index (χ0n) is 42.9. The fraction of sp³-hybridized carbons (Fsp3) is 0.836. The minimum absolute atomic E-state index is 0.0830. The number of ether oxygens (including phenoxy) is 2. The Labute approximate surface area is 414 Å². The van der Waals surface area contributed by atoms with Gasteiger partial charge in [-0.25, -0.2) is 4.57 Å². The van der Waals surface area contributed by atoms with Crippen LogP contribution < -0.4 is 0 Å². The molecule has 68 heavy (non-hydrogen) atoms. The van der Waals surface area contributed by atoms with Crippen molar-refractivity contribution in [2.45, 2.75) is 275 Å². The number of hydrogen-bond acceptors (Lipinski definition) is 11. The van der Waals surface area contributed by atoms with Crippen LogP contribution in [0.1, 0.15) is 232 Å². The van der Waals surface area contributed by atoms with E-state index in [1.54, 1.807) is 0 Å². The molecule has 1 aliphatic rings. The Morgan fingerprint density at radius 1 is 0.471 bits per heavy atom. The summed E-state index contributed by atoms with van der Waals surface area (Å²) in [5, 5.41) is 50.4. The van der Waals surface area contributed by atoms with Gasteiger partial charge in [0.15, 0.2) is 0 Å². The van der Waals surface area contributed by atoms with Gasteiger partial charge in [0, 0.05) is 13.0 Å². The van der Waals surface area contributed by atoms with Crippen LogP contribution in [-0.4, -0.2) is 98.9 Å². The van der Waals surface area contributed by atoms with Gasteiger partial charge >= 0.3 is 13.8 Å². The number of hydrogen-bond donors (Lipinski definition) is 6. The van der Waals surface area contributed by atoms with Crippen molar-refractivity contribution in [3.8, 4) is 0 Å². The molecule has 0 bridgehead atoms. The van der Waals surface area contributed by atoms with Crippen molar-refractivity contribution in [2.24, 2.45) is 0 Å². The number of carbonyl (C=O) groups excluding carboxylic acids is 1. The zero-order valence-corrected chi connectivity index (χ0v) is 43.8. The van der Waals surface area contributed by atoms with E-state index in [0.29, 0.717) is 13.0 Å². The molecule has 398 valence electrons. The molecule has 0 radical (unpaired) electrons. The third-order valence-electron chi connectivity index (χ3n) is 12.7. The molecule has 0 aliphatic heterocycles. The van der Waals surface area contributed by atoms with E-state index in [1.807, 2.05) is 0 Å². The summed E-state index contributed by atoms with van der Waals surface area (Å²) in [4.78, 5) is 23.3. The van der Waals surface area contributed by atoms with Crippen molar-refractivity contribution < 1.29 is 58.3 Å². The summed E-state index contributed by atoms with van der Waals surface area (Å²) in [6, 6.07) is 0. The highest BCUT2D eigenvalue weighted by Crippen LogP contribution is 2.47. The Kier molecular flexibility index (Phi) is 42.7. The molecule has 1 aliphatic carbocycles. The molecule has 13 heteroatoms. The van der Waals surface area contributed by atoms with Crippen molar-refractivity contribution in [3.05, 3.63) is 48.6 Å². The van der Waals surface area contributed by atoms with Crippen LogP contribution in [0.5, 0.6) is 0 Å². The first kappa shape index (κ1) is 64.3. The van der Waals surface area contributed by atoms with Crippen molar-refractivity contribution in [1.29, 1.82) is 0 Å². The van der Waals surface area contributed by atoms with E-state index in [9.17, 15) is 39.8 Å². The van der Waals surface area contributed by atoms with Crippen LogP contribution in [0.25, 0.3) is 0 Å². The van der Waals surface area contributed by atoms with Gasteiger partial charge in [0.2, 0.25) is 0 Å². The summed E-state index contributed by atoms with van der Waals surface area (Å²) in [7, 11) is -5.03. The number of aliphatic hydroxyl groups is 5. The van der Waals surface area contributed by atoms with Gasteiger partial charge in [0.25, 0.3) is 0 Å². The second-order valence-corrected chi connectivity index (χ2v) is 20.5. The molecule has 0 heterocycles. The Bertz CT molecular complexity index is 1310. The number of phosphoric ester groups is 1. The number of rotatable bonds is 47. The molecule has 0 saturated heterocycles. The molecule has 6 atom stereocenters. The summed E-state index contributed by atoms with van der Waals surface area (Å²) < 4.78 is 34.3. The van der Waals surface area contributed by atoms with E-state index in [0.717, 1.165) is 70.6 Å². The molecule has 1 saturated carbocycles. The minimum atomic E-state index is -5.03. The summed E-state index contributed by atoms with van der Waals surface area (Å²) in [6.07, 6.45) is 44.6. The normalized spacial score (nSPS) is 21.5. The Morgan fingerprint density at radius 3 is 1.29 bits per heavy atom. The number of allylic oxidation sites excluding steroid dienone is 8. The minimum Gasteiger partial charge on any atom is -0.457 e. The van der Waals surface area contributed by atoms with E-state index in [4.69, 9.17) is 18.5 Å². The van der Waals surface area contributed by atoms with Crippen molar-refractivity contribution >= 4 is 13.8 Å². The zero-order chi connectivity index (χ0) is 49.8. The summed E-state index contributed by atoms with van der Waals surface area (Å²) >= 11 is 0. The maximum atomic E-state index is 12.9. The molecular formula is C55H101O12P. The SMILES string of the molecule is CCCCC/C=C\C/C=C\C/C=C\CCCCCCCCC(=O)OC(COCCCCCCCCCCCC/C=C\CCCCCCCCCC)COP(=O)(O)OC1C(O)C(O)C(O)C(O)C1O. The van der Waals surface area contributed by atoms with Crippen LogP contribution >= 0.6 is 7.82 Å². The summed E-state index contributed by atoms with van der Waals surface area (Å²) in [5.41, 5.74) is 0. The van der Waals surface area contributed by atoms with E-state index in [1.165, 1.54) is 135 Å². The van der Waals surface area contributed by atoms with Gasteiger partial charge in [-0.2, -0.15) is 0 Å². The molecule has 12 nitrogen and oxygen atoms in total. The lowest BCUT2D eigenvalue weighted by atomic mass is 9.85. The molecule has 6 N–H and O–H groups in total. The number of esters is 1. The Balaban J connectivity index is 2.32. The molecule has 1 fully saturated rings. The number of unbranched alkanes of at least 4 members (excludes halogenated alkanes) is 27. The smallest absolute Gasteiger partial charge is 0.457 e. The molecule has 0 amide bonds. The van der Waals surface area contributed by atoms with Crippen molar-refractivity contribution in [1.82, 2.24) is 0 Å². The predicted octanol–water partition coefficient (Wildman–Crippen LogP) is 12.8. The van der Waals surface area contributed by atoms with Gasteiger partial charge in [0.1, 0.15) is 42.7 Å². The number of carbonyl (C=O) groups is 1. The first-order valence-corrected chi connectivity index (χ1v) is 29.0. The lowest BCUT2D eigenvalue weighted by molar-refractivity contribution is -0.220. The topological polar surface area (TPSA) is 192 Å². The van der Waals surface area contributed by atoms with Crippen LogP contribution in [0.4, 0.5) is 0 Å². The highest BCUT2D eigenvalue weighted by Gasteiger charge is 2.51. The summed E-state index contributed by atoms with van der Waals surface area (Å²) in [5.74, 6) is -0.488. The maximum absolute atomic E-state index is 12.9. The molecule has 0 aromatic heterocycles. The average Bonchev–Trinajstić information content (AvgIpc) is 3.32. The van der Waals surface area contributed by atoms with Crippen LogP contribution in [0.15, 0.2) is 48.6 Å². The largest absolute Gasteiger partial charge is 0.472 e.